The Morgan fingerprint density at radius 2 is 2.11 bits per heavy atom. The van der Waals surface area contributed by atoms with Gasteiger partial charge in [0.2, 0.25) is 5.91 Å². The van der Waals surface area contributed by atoms with Crippen molar-refractivity contribution < 1.29 is 4.79 Å². The van der Waals surface area contributed by atoms with Crippen molar-refractivity contribution in [2.24, 2.45) is 5.92 Å². The molecule has 1 N–H and O–H groups in total. The summed E-state index contributed by atoms with van der Waals surface area (Å²) in [5.74, 6) is 2.38. The molecule has 0 radical (unpaired) electrons. The van der Waals surface area contributed by atoms with Gasteiger partial charge in [0.1, 0.15) is 5.82 Å². The maximum Gasteiger partial charge on any atom is 0.223 e. The first kappa shape index (κ1) is 11.7. The Hall–Kier alpha value is -1.39. The van der Waals surface area contributed by atoms with Crippen LogP contribution in [0.2, 0.25) is 0 Å². The smallest absolute Gasteiger partial charge is 0.223 e. The summed E-state index contributed by atoms with van der Waals surface area (Å²) in [6.07, 6.45) is 6.60. The van der Waals surface area contributed by atoms with Crippen LogP contribution in [0.3, 0.4) is 0 Å². The van der Waals surface area contributed by atoms with Gasteiger partial charge in [0.05, 0.1) is 6.04 Å². The summed E-state index contributed by atoms with van der Waals surface area (Å²) < 4.78 is 2.15. The van der Waals surface area contributed by atoms with Crippen LogP contribution in [0.4, 0.5) is 0 Å². The number of carbonyl (C=O) groups excluding carboxylic acids is 1. The molecule has 1 aliphatic carbocycles. The summed E-state index contributed by atoms with van der Waals surface area (Å²) in [6, 6.07) is -0.0301. The molecule has 2 aliphatic rings. The fourth-order valence-electron chi connectivity index (χ4n) is 3.08. The van der Waals surface area contributed by atoms with E-state index in [4.69, 9.17) is 0 Å². The zero-order valence-corrected chi connectivity index (χ0v) is 10.9. The normalized spacial score (nSPS) is 20.9. The number of rotatable bonds is 3. The van der Waals surface area contributed by atoms with Crippen molar-refractivity contribution >= 4 is 5.91 Å². The number of hydrogen-bond donors (Lipinski definition) is 1. The van der Waals surface area contributed by atoms with Crippen molar-refractivity contribution in [3.63, 3.8) is 0 Å². The van der Waals surface area contributed by atoms with Crippen LogP contribution in [-0.2, 0) is 17.8 Å². The van der Waals surface area contributed by atoms with E-state index < -0.39 is 0 Å². The predicted octanol–water partition coefficient (Wildman–Crippen LogP) is 1.59. The highest BCUT2D eigenvalue weighted by Crippen LogP contribution is 2.26. The van der Waals surface area contributed by atoms with Gasteiger partial charge in [-0.25, -0.2) is 0 Å². The van der Waals surface area contributed by atoms with Crippen molar-refractivity contribution in [3.8, 4) is 0 Å². The maximum absolute atomic E-state index is 12.1. The highest BCUT2D eigenvalue weighted by atomic mass is 16.1. The third-order valence-corrected chi connectivity index (χ3v) is 4.11. The van der Waals surface area contributed by atoms with Crippen LogP contribution >= 0.6 is 0 Å². The number of amides is 1. The number of nitrogens with zero attached hydrogens (tertiary/aromatic N) is 3. The minimum absolute atomic E-state index is 0.0301. The Labute approximate surface area is 107 Å². The molecular formula is C13H20N4O. The first-order chi connectivity index (χ1) is 8.75. The van der Waals surface area contributed by atoms with Gasteiger partial charge in [0, 0.05) is 18.9 Å². The third kappa shape index (κ3) is 2.02. The lowest BCUT2D eigenvalue weighted by Gasteiger charge is -2.16. The summed E-state index contributed by atoms with van der Waals surface area (Å²) in [7, 11) is 0. The van der Waals surface area contributed by atoms with E-state index in [2.05, 4.69) is 20.1 Å². The van der Waals surface area contributed by atoms with Crippen LogP contribution in [0.1, 0.15) is 56.7 Å². The van der Waals surface area contributed by atoms with Crippen LogP contribution < -0.4 is 5.32 Å². The lowest BCUT2D eigenvalue weighted by molar-refractivity contribution is -0.125. The molecule has 1 amide bonds. The van der Waals surface area contributed by atoms with Gasteiger partial charge in [-0.2, -0.15) is 0 Å². The summed E-state index contributed by atoms with van der Waals surface area (Å²) in [5, 5.41) is 11.5. The van der Waals surface area contributed by atoms with Crippen molar-refractivity contribution in [1.29, 1.82) is 0 Å². The zero-order valence-electron chi connectivity index (χ0n) is 10.9. The molecule has 0 bridgehead atoms. The van der Waals surface area contributed by atoms with Crippen molar-refractivity contribution in [3.05, 3.63) is 11.6 Å². The molecule has 1 aliphatic heterocycles. The lowest BCUT2D eigenvalue weighted by atomic mass is 10.1. The molecule has 1 aromatic rings. The second-order valence-corrected chi connectivity index (χ2v) is 5.44. The third-order valence-electron chi connectivity index (χ3n) is 4.11. The number of nitrogens with one attached hydrogen (secondary N) is 1. The Morgan fingerprint density at radius 1 is 1.33 bits per heavy atom. The van der Waals surface area contributed by atoms with E-state index in [9.17, 15) is 4.79 Å². The highest BCUT2D eigenvalue weighted by Gasteiger charge is 2.26. The Bertz CT molecular complexity index is 448. The van der Waals surface area contributed by atoms with Gasteiger partial charge in [-0.3, -0.25) is 4.79 Å². The second-order valence-electron chi connectivity index (χ2n) is 5.44. The van der Waals surface area contributed by atoms with Gasteiger partial charge in [-0.05, 0) is 26.2 Å². The van der Waals surface area contributed by atoms with E-state index in [0.29, 0.717) is 0 Å². The maximum atomic E-state index is 12.1. The SMILES string of the molecule is C[C@@H](NC(=O)C1CCCC1)c1nnc2n1CCC2. The van der Waals surface area contributed by atoms with Gasteiger partial charge in [-0.1, -0.05) is 12.8 Å². The highest BCUT2D eigenvalue weighted by molar-refractivity contribution is 5.79. The lowest BCUT2D eigenvalue weighted by Crippen LogP contribution is -2.33. The monoisotopic (exact) mass is 248 g/mol. The molecule has 0 aromatic carbocycles. The van der Waals surface area contributed by atoms with Crippen molar-refractivity contribution in [1.82, 2.24) is 20.1 Å². The molecule has 1 saturated carbocycles. The fourth-order valence-corrected chi connectivity index (χ4v) is 3.08. The molecule has 2 heterocycles. The van der Waals surface area contributed by atoms with E-state index in [1.54, 1.807) is 0 Å². The van der Waals surface area contributed by atoms with Gasteiger partial charge in [0.25, 0.3) is 0 Å². The first-order valence-electron chi connectivity index (χ1n) is 6.98. The molecule has 1 fully saturated rings. The van der Waals surface area contributed by atoms with E-state index in [1.807, 2.05) is 6.92 Å². The molecule has 5 nitrogen and oxygen atoms in total. The minimum atomic E-state index is -0.0301. The van der Waals surface area contributed by atoms with Gasteiger partial charge >= 0.3 is 0 Å². The molecule has 0 spiro atoms. The number of aryl methyl sites for hydroxylation is 1. The average molecular weight is 248 g/mol. The van der Waals surface area contributed by atoms with Crippen LogP contribution in [0.5, 0.6) is 0 Å². The van der Waals surface area contributed by atoms with Crippen LogP contribution in [0.15, 0.2) is 0 Å². The average Bonchev–Trinajstić information content (AvgIpc) is 3.06. The number of carbonyl (C=O) groups is 1. The molecule has 1 atom stereocenters. The Morgan fingerprint density at radius 3 is 2.89 bits per heavy atom. The van der Waals surface area contributed by atoms with Crippen molar-refractivity contribution in [2.45, 2.75) is 58.0 Å². The van der Waals surface area contributed by atoms with E-state index in [1.165, 1.54) is 12.8 Å². The quantitative estimate of drug-likeness (QED) is 0.883. The topological polar surface area (TPSA) is 59.8 Å². The van der Waals surface area contributed by atoms with Gasteiger partial charge in [-0.15, -0.1) is 10.2 Å². The molecule has 0 saturated heterocycles. The minimum Gasteiger partial charge on any atom is -0.346 e. The van der Waals surface area contributed by atoms with Crippen LogP contribution in [-0.4, -0.2) is 20.7 Å². The van der Waals surface area contributed by atoms with Gasteiger partial charge in [0.15, 0.2) is 5.82 Å². The summed E-state index contributed by atoms with van der Waals surface area (Å²) in [6.45, 7) is 2.99. The summed E-state index contributed by atoms with van der Waals surface area (Å²) in [5.41, 5.74) is 0. The van der Waals surface area contributed by atoms with Gasteiger partial charge < -0.3 is 9.88 Å². The fraction of sp³-hybridized carbons (Fsp3) is 0.769. The number of aromatic nitrogens is 3. The molecule has 3 rings (SSSR count). The van der Waals surface area contributed by atoms with E-state index >= 15 is 0 Å². The summed E-state index contributed by atoms with van der Waals surface area (Å²) >= 11 is 0. The van der Waals surface area contributed by atoms with Crippen LogP contribution in [0, 0.1) is 5.92 Å². The van der Waals surface area contributed by atoms with E-state index in [0.717, 1.165) is 43.9 Å². The first-order valence-corrected chi connectivity index (χ1v) is 6.98. The molecular weight excluding hydrogens is 228 g/mol. The number of fused-ring (bicyclic) bond motifs is 1. The zero-order chi connectivity index (χ0) is 12.5. The number of hydrogen-bond acceptors (Lipinski definition) is 3. The Balaban J connectivity index is 1.67. The van der Waals surface area contributed by atoms with Crippen molar-refractivity contribution in [2.75, 3.05) is 0 Å². The molecule has 0 unspecified atom stereocenters. The van der Waals surface area contributed by atoms with Crippen LogP contribution in [0.25, 0.3) is 0 Å². The standard InChI is InChI=1S/C13H20N4O/c1-9(14-13(18)10-5-2-3-6-10)12-16-15-11-7-4-8-17(11)12/h9-10H,2-8H2,1H3,(H,14,18)/t9-/m1/s1. The molecule has 98 valence electrons. The molecule has 1 aromatic heterocycles. The molecule has 5 heteroatoms. The van der Waals surface area contributed by atoms with E-state index in [-0.39, 0.29) is 17.9 Å². The second kappa shape index (κ2) is 4.71. The predicted molar refractivity (Wildman–Crippen MR) is 66.9 cm³/mol. The summed E-state index contributed by atoms with van der Waals surface area (Å²) in [4.78, 5) is 12.1. The largest absolute Gasteiger partial charge is 0.346 e. The molecule has 18 heavy (non-hydrogen) atoms. The Kier molecular flexibility index (Phi) is 3.06.